The minimum Gasteiger partial charge on any atom is -0.481 e. The summed E-state index contributed by atoms with van der Waals surface area (Å²) in [6.07, 6.45) is 0. The zero-order valence-electron chi connectivity index (χ0n) is 9.98. The fourth-order valence-electron chi connectivity index (χ4n) is 1.42. The summed E-state index contributed by atoms with van der Waals surface area (Å²) in [5, 5.41) is 11.4. The first-order valence-electron chi connectivity index (χ1n) is 5.36. The number of carboxylic acids is 1. The SMILES string of the molecule is CC(C)(C(=O)O)c1csc(-c2cccc(F)c2)n1. The Hall–Kier alpha value is -1.75. The number of hydrogen-bond acceptors (Lipinski definition) is 3. The zero-order valence-corrected chi connectivity index (χ0v) is 10.8. The van der Waals surface area contributed by atoms with Gasteiger partial charge in [0.25, 0.3) is 0 Å². The summed E-state index contributed by atoms with van der Waals surface area (Å²) in [4.78, 5) is 15.4. The zero-order chi connectivity index (χ0) is 13.3. The summed E-state index contributed by atoms with van der Waals surface area (Å²) in [6, 6.07) is 6.10. The number of halogens is 1. The van der Waals surface area contributed by atoms with Crippen LogP contribution in [0, 0.1) is 5.82 Å². The summed E-state index contributed by atoms with van der Waals surface area (Å²) in [7, 11) is 0. The predicted octanol–water partition coefficient (Wildman–Crippen LogP) is 3.31. The number of benzene rings is 1. The molecule has 18 heavy (non-hydrogen) atoms. The monoisotopic (exact) mass is 265 g/mol. The number of nitrogens with zero attached hydrogens (tertiary/aromatic N) is 1. The quantitative estimate of drug-likeness (QED) is 0.926. The van der Waals surface area contributed by atoms with Crippen LogP contribution in [0.4, 0.5) is 4.39 Å². The Bertz CT molecular complexity index is 592. The minimum atomic E-state index is -1.04. The number of carboxylic acid groups (broad SMARTS) is 1. The molecule has 0 aliphatic carbocycles. The maximum atomic E-state index is 13.1. The number of aromatic nitrogens is 1. The van der Waals surface area contributed by atoms with Crippen LogP contribution in [0.5, 0.6) is 0 Å². The van der Waals surface area contributed by atoms with Crippen LogP contribution < -0.4 is 0 Å². The third-order valence-electron chi connectivity index (χ3n) is 2.75. The van der Waals surface area contributed by atoms with Crippen molar-refractivity contribution in [2.45, 2.75) is 19.3 Å². The van der Waals surface area contributed by atoms with Crippen molar-refractivity contribution in [3.05, 3.63) is 41.2 Å². The average molecular weight is 265 g/mol. The smallest absolute Gasteiger partial charge is 0.315 e. The fourth-order valence-corrected chi connectivity index (χ4v) is 2.41. The van der Waals surface area contributed by atoms with E-state index in [9.17, 15) is 9.18 Å². The summed E-state index contributed by atoms with van der Waals surface area (Å²) < 4.78 is 13.1. The van der Waals surface area contributed by atoms with Crippen LogP contribution in [0.3, 0.4) is 0 Å². The second-order valence-electron chi connectivity index (χ2n) is 4.48. The van der Waals surface area contributed by atoms with E-state index in [1.165, 1.54) is 23.5 Å². The van der Waals surface area contributed by atoms with Gasteiger partial charge in [0.05, 0.1) is 5.69 Å². The molecule has 0 aliphatic rings. The predicted molar refractivity (Wildman–Crippen MR) is 68.2 cm³/mol. The highest BCUT2D eigenvalue weighted by atomic mass is 32.1. The van der Waals surface area contributed by atoms with Crippen LogP contribution in [0.15, 0.2) is 29.6 Å². The molecule has 1 N–H and O–H groups in total. The van der Waals surface area contributed by atoms with Gasteiger partial charge in [-0.1, -0.05) is 12.1 Å². The Morgan fingerprint density at radius 1 is 1.44 bits per heavy atom. The third kappa shape index (κ3) is 2.26. The molecule has 0 saturated heterocycles. The molecule has 94 valence electrons. The van der Waals surface area contributed by atoms with E-state index in [0.717, 1.165) is 0 Å². The van der Waals surface area contributed by atoms with Gasteiger partial charge in [0, 0.05) is 10.9 Å². The Labute approximate surface area is 108 Å². The van der Waals surface area contributed by atoms with Crippen molar-refractivity contribution in [2.24, 2.45) is 0 Å². The number of thiazole rings is 1. The second-order valence-corrected chi connectivity index (χ2v) is 5.34. The Balaban J connectivity index is 2.40. The molecule has 2 aromatic rings. The molecular formula is C13H12FNO2S. The van der Waals surface area contributed by atoms with Gasteiger partial charge in [0.1, 0.15) is 16.2 Å². The Kier molecular flexibility index (Phi) is 3.17. The van der Waals surface area contributed by atoms with E-state index < -0.39 is 11.4 Å². The molecule has 3 nitrogen and oxygen atoms in total. The molecule has 0 atom stereocenters. The van der Waals surface area contributed by atoms with Crippen molar-refractivity contribution < 1.29 is 14.3 Å². The van der Waals surface area contributed by atoms with Gasteiger partial charge in [-0.15, -0.1) is 11.3 Å². The molecule has 1 heterocycles. The summed E-state index contributed by atoms with van der Waals surface area (Å²) >= 11 is 1.31. The largest absolute Gasteiger partial charge is 0.481 e. The van der Waals surface area contributed by atoms with Gasteiger partial charge in [-0.05, 0) is 26.0 Å². The number of carbonyl (C=O) groups is 1. The van der Waals surface area contributed by atoms with Crippen LogP contribution in [0.25, 0.3) is 10.6 Å². The maximum absolute atomic E-state index is 13.1. The van der Waals surface area contributed by atoms with Crippen LogP contribution >= 0.6 is 11.3 Å². The standard InChI is InChI=1S/C13H12FNO2S/c1-13(2,12(16)17)10-7-18-11(15-10)8-4-3-5-9(14)6-8/h3-7H,1-2H3,(H,16,17). The Morgan fingerprint density at radius 3 is 2.78 bits per heavy atom. The van der Waals surface area contributed by atoms with Gasteiger partial charge in [0.15, 0.2) is 0 Å². The van der Waals surface area contributed by atoms with E-state index in [4.69, 9.17) is 5.11 Å². The van der Waals surface area contributed by atoms with Crippen LogP contribution in [0.1, 0.15) is 19.5 Å². The van der Waals surface area contributed by atoms with E-state index in [-0.39, 0.29) is 5.82 Å². The van der Waals surface area contributed by atoms with Crippen molar-refractivity contribution in [1.29, 1.82) is 0 Å². The molecule has 5 heteroatoms. The molecule has 0 aliphatic heterocycles. The number of aliphatic carboxylic acids is 1. The molecule has 0 amide bonds. The molecule has 1 aromatic heterocycles. The van der Waals surface area contributed by atoms with Crippen molar-refractivity contribution in [3.63, 3.8) is 0 Å². The van der Waals surface area contributed by atoms with Gasteiger partial charge < -0.3 is 5.11 Å². The molecule has 0 spiro atoms. The molecule has 0 fully saturated rings. The summed E-state index contributed by atoms with van der Waals surface area (Å²) in [5.41, 5.74) is 0.105. The lowest BCUT2D eigenvalue weighted by atomic mass is 9.90. The van der Waals surface area contributed by atoms with Gasteiger partial charge in [-0.2, -0.15) is 0 Å². The number of rotatable bonds is 3. The first-order valence-corrected chi connectivity index (χ1v) is 6.24. The van der Waals surface area contributed by atoms with E-state index >= 15 is 0 Å². The van der Waals surface area contributed by atoms with Crippen LogP contribution in [-0.2, 0) is 10.2 Å². The Morgan fingerprint density at radius 2 is 2.17 bits per heavy atom. The van der Waals surface area contributed by atoms with E-state index in [1.54, 1.807) is 31.4 Å². The molecule has 0 radical (unpaired) electrons. The van der Waals surface area contributed by atoms with Crippen LogP contribution in [-0.4, -0.2) is 16.1 Å². The number of hydrogen-bond donors (Lipinski definition) is 1. The third-order valence-corrected chi connectivity index (χ3v) is 3.64. The minimum absolute atomic E-state index is 0.332. The highest BCUT2D eigenvalue weighted by Gasteiger charge is 2.32. The van der Waals surface area contributed by atoms with Crippen molar-refractivity contribution in [3.8, 4) is 10.6 Å². The topological polar surface area (TPSA) is 50.2 Å². The lowest BCUT2D eigenvalue weighted by Gasteiger charge is -2.15. The van der Waals surface area contributed by atoms with Crippen LogP contribution in [0.2, 0.25) is 0 Å². The first-order chi connectivity index (χ1) is 8.41. The molecule has 0 unspecified atom stereocenters. The first kappa shape index (κ1) is 12.7. The molecule has 1 aromatic carbocycles. The van der Waals surface area contributed by atoms with Crippen molar-refractivity contribution >= 4 is 17.3 Å². The van der Waals surface area contributed by atoms with Crippen molar-refractivity contribution in [2.75, 3.05) is 0 Å². The molecular weight excluding hydrogens is 253 g/mol. The summed E-state index contributed by atoms with van der Waals surface area (Å²) in [5.74, 6) is -1.26. The highest BCUT2D eigenvalue weighted by Crippen LogP contribution is 2.30. The lowest BCUT2D eigenvalue weighted by molar-refractivity contribution is -0.142. The van der Waals surface area contributed by atoms with Crippen molar-refractivity contribution in [1.82, 2.24) is 4.98 Å². The van der Waals surface area contributed by atoms with E-state index in [2.05, 4.69) is 4.98 Å². The van der Waals surface area contributed by atoms with Gasteiger partial charge in [0.2, 0.25) is 0 Å². The fraction of sp³-hybridized carbons (Fsp3) is 0.231. The lowest BCUT2D eigenvalue weighted by Crippen LogP contribution is -2.28. The molecule has 0 bridgehead atoms. The molecule has 2 rings (SSSR count). The maximum Gasteiger partial charge on any atom is 0.315 e. The van der Waals surface area contributed by atoms with E-state index in [0.29, 0.717) is 16.3 Å². The van der Waals surface area contributed by atoms with Gasteiger partial charge in [-0.3, -0.25) is 4.79 Å². The summed E-state index contributed by atoms with van der Waals surface area (Å²) in [6.45, 7) is 3.19. The van der Waals surface area contributed by atoms with Gasteiger partial charge in [-0.25, -0.2) is 9.37 Å². The molecule has 0 saturated carbocycles. The highest BCUT2D eigenvalue weighted by molar-refractivity contribution is 7.13. The average Bonchev–Trinajstić information content (AvgIpc) is 2.78. The normalized spacial score (nSPS) is 11.5. The second kappa shape index (κ2) is 4.49. The van der Waals surface area contributed by atoms with E-state index in [1.807, 2.05) is 0 Å². The van der Waals surface area contributed by atoms with Gasteiger partial charge >= 0.3 is 5.97 Å².